The van der Waals surface area contributed by atoms with Crippen LogP contribution in [0, 0.1) is 0 Å². The molecule has 0 aliphatic heterocycles. The van der Waals surface area contributed by atoms with Gasteiger partial charge in [0.15, 0.2) is 0 Å². The number of hydrogen-bond acceptors (Lipinski definition) is 4. The number of nitrogens with zero attached hydrogens (tertiary/aromatic N) is 1. The van der Waals surface area contributed by atoms with Crippen molar-refractivity contribution in [2.45, 2.75) is 6.61 Å². The Hall–Kier alpha value is -2.24. The minimum atomic E-state index is -0.0379. The van der Waals surface area contributed by atoms with E-state index in [0.717, 1.165) is 17.0 Å². The Bertz CT molecular complexity index is 662. The molecule has 2 aromatic rings. The fourth-order valence-corrected chi connectivity index (χ4v) is 2.17. The van der Waals surface area contributed by atoms with Crippen LogP contribution in [0.15, 0.2) is 48.5 Å². The summed E-state index contributed by atoms with van der Waals surface area (Å²) in [6.07, 6.45) is 0. The average molecular weight is 349 g/mol. The number of aliphatic hydroxyl groups excluding tert-OH is 1. The van der Waals surface area contributed by atoms with Gasteiger partial charge in [-0.15, -0.1) is 0 Å². The molecule has 0 unspecified atom stereocenters. The van der Waals surface area contributed by atoms with Crippen LogP contribution in [0.5, 0.6) is 5.75 Å². The van der Waals surface area contributed by atoms with E-state index >= 15 is 0 Å². The maximum atomic E-state index is 12.1. The second-order valence-electron chi connectivity index (χ2n) is 5.33. The lowest BCUT2D eigenvalue weighted by Gasteiger charge is -2.18. The van der Waals surface area contributed by atoms with Crippen LogP contribution in [-0.2, 0) is 11.4 Å². The van der Waals surface area contributed by atoms with Crippen molar-refractivity contribution in [3.8, 4) is 5.75 Å². The SMILES string of the molecule is CN(CCOc1ccc(Cl)cc1)C(=O)CNc1cccc(CO)c1. The molecule has 0 heterocycles. The average Bonchev–Trinajstić information content (AvgIpc) is 2.61. The van der Waals surface area contributed by atoms with E-state index < -0.39 is 0 Å². The van der Waals surface area contributed by atoms with E-state index in [0.29, 0.717) is 18.2 Å². The zero-order chi connectivity index (χ0) is 17.4. The summed E-state index contributed by atoms with van der Waals surface area (Å²) in [7, 11) is 1.74. The lowest BCUT2D eigenvalue weighted by Crippen LogP contribution is -2.35. The van der Waals surface area contributed by atoms with Gasteiger partial charge in [0.05, 0.1) is 19.7 Å². The summed E-state index contributed by atoms with van der Waals surface area (Å²) in [4.78, 5) is 13.7. The molecule has 0 aromatic heterocycles. The van der Waals surface area contributed by atoms with Gasteiger partial charge in [0.2, 0.25) is 5.91 Å². The number of carbonyl (C=O) groups is 1. The summed E-state index contributed by atoms with van der Waals surface area (Å²) in [6.45, 7) is 1.06. The molecule has 1 amide bonds. The molecule has 2 N–H and O–H groups in total. The van der Waals surface area contributed by atoms with Crippen LogP contribution in [0.25, 0.3) is 0 Å². The number of amides is 1. The van der Waals surface area contributed by atoms with Gasteiger partial charge in [-0.2, -0.15) is 0 Å². The predicted molar refractivity (Wildman–Crippen MR) is 95.4 cm³/mol. The Balaban J connectivity index is 1.72. The minimum absolute atomic E-state index is 0.0224. The Kier molecular flexibility index (Phi) is 6.90. The van der Waals surface area contributed by atoms with Crippen LogP contribution < -0.4 is 10.1 Å². The van der Waals surface area contributed by atoms with Gasteiger partial charge >= 0.3 is 0 Å². The number of anilines is 1. The maximum Gasteiger partial charge on any atom is 0.241 e. The highest BCUT2D eigenvalue weighted by atomic mass is 35.5. The molecule has 0 spiro atoms. The highest BCUT2D eigenvalue weighted by Gasteiger charge is 2.08. The summed E-state index contributed by atoms with van der Waals surface area (Å²) in [5.41, 5.74) is 1.61. The van der Waals surface area contributed by atoms with Crippen molar-refractivity contribution in [3.63, 3.8) is 0 Å². The van der Waals surface area contributed by atoms with Crippen LogP contribution in [0.1, 0.15) is 5.56 Å². The monoisotopic (exact) mass is 348 g/mol. The third-order valence-electron chi connectivity index (χ3n) is 3.49. The Morgan fingerprint density at radius 3 is 2.71 bits per heavy atom. The number of hydrogen-bond donors (Lipinski definition) is 2. The van der Waals surface area contributed by atoms with Gasteiger partial charge in [0.25, 0.3) is 0 Å². The first kappa shape index (κ1) is 18.1. The summed E-state index contributed by atoms with van der Waals surface area (Å²) in [5.74, 6) is 0.684. The van der Waals surface area contributed by atoms with Gasteiger partial charge in [0, 0.05) is 17.8 Å². The number of rotatable bonds is 8. The molecule has 2 aromatic carbocycles. The van der Waals surface area contributed by atoms with E-state index in [4.69, 9.17) is 21.4 Å². The first-order chi connectivity index (χ1) is 11.6. The largest absolute Gasteiger partial charge is 0.492 e. The van der Waals surface area contributed by atoms with Crippen LogP contribution in [0.2, 0.25) is 5.02 Å². The molecular weight excluding hydrogens is 328 g/mol. The van der Waals surface area contributed by atoms with E-state index in [2.05, 4.69) is 5.32 Å². The Morgan fingerprint density at radius 2 is 2.00 bits per heavy atom. The van der Waals surface area contributed by atoms with Crippen LogP contribution in [0.3, 0.4) is 0 Å². The van der Waals surface area contributed by atoms with Gasteiger partial charge in [0.1, 0.15) is 12.4 Å². The molecule has 0 aliphatic carbocycles. The lowest BCUT2D eigenvalue weighted by atomic mass is 10.2. The van der Waals surface area contributed by atoms with E-state index in [1.165, 1.54) is 0 Å². The summed E-state index contributed by atoms with van der Waals surface area (Å²) >= 11 is 5.81. The number of benzene rings is 2. The summed E-state index contributed by atoms with van der Waals surface area (Å²) < 4.78 is 5.57. The minimum Gasteiger partial charge on any atom is -0.492 e. The van der Waals surface area contributed by atoms with Crippen LogP contribution in [0.4, 0.5) is 5.69 Å². The molecule has 0 fully saturated rings. The van der Waals surface area contributed by atoms with Gasteiger partial charge in [-0.25, -0.2) is 0 Å². The van der Waals surface area contributed by atoms with Gasteiger partial charge in [-0.3, -0.25) is 4.79 Å². The summed E-state index contributed by atoms with van der Waals surface area (Å²) in [5, 5.41) is 12.8. The fourth-order valence-electron chi connectivity index (χ4n) is 2.05. The smallest absolute Gasteiger partial charge is 0.241 e. The molecule has 0 saturated heterocycles. The van der Waals surface area contributed by atoms with Crippen molar-refractivity contribution in [1.82, 2.24) is 4.90 Å². The molecule has 128 valence electrons. The zero-order valence-electron chi connectivity index (χ0n) is 13.5. The van der Waals surface area contributed by atoms with Gasteiger partial charge < -0.3 is 20.1 Å². The molecule has 2 rings (SSSR count). The van der Waals surface area contributed by atoms with Gasteiger partial charge in [-0.1, -0.05) is 23.7 Å². The molecular formula is C18H21ClN2O3. The second kappa shape index (κ2) is 9.15. The molecule has 0 atom stereocenters. The zero-order valence-corrected chi connectivity index (χ0v) is 14.3. The molecule has 0 radical (unpaired) electrons. The Morgan fingerprint density at radius 1 is 1.25 bits per heavy atom. The number of ether oxygens (including phenoxy) is 1. The van der Waals surface area contributed by atoms with E-state index in [1.807, 2.05) is 24.3 Å². The first-order valence-corrected chi connectivity index (χ1v) is 8.02. The highest BCUT2D eigenvalue weighted by Crippen LogP contribution is 2.15. The normalized spacial score (nSPS) is 10.3. The van der Waals surface area contributed by atoms with Gasteiger partial charge in [-0.05, 0) is 42.0 Å². The fraction of sp³-hybridized carbons (Fsp3) is 0.278. The highest BCUT2D eigenvalue weighted by molar-refractivity contribution is 6.30. The van der Waals surface area contributed by atoms with Crippen molar-refractivity contribution in [2.75, 3.05) is 32.1 Å². The quantitative estimate of drug-likeness (QED) is 0.770. The van der Waals surface area contributed by atoms with Crippen molar-refractivity contribution in [1.29, 1.82) is 0 Å². The standard InChI is InChI=1S/C18H21ClN2O3/c1-21(9-10-24-17-7-5-15(19)6-8-17)18(23)12-20-16-4-2-3-14(11-16)13-22/h2-8,11,20,22H,9-10,12-13H2,1H3. The van der Waals surface area contributed by atoms with Crippen molar-refractivity contribution < 1.29 is 14.6 Å². The molecule has 5 nitrogen and oxygen atoms in total. The number of aliphatic hydroxyl groups is 1. The number of nitrogens with one attached hydrogen (secondary N) is 1. The topological polar surface area (TPSA) is 61.8 Å². The third kappa shape index (κ3) is 5.76. The number of carbonyl (C=O) groups excluding carboxylic acids is 1. The molecule has 0 bridgehead atoms. The van der Waals surface area contributed by atoms with Crippen molar-refractivity contribution >= 4 is 23.2 Å². The number of likely N-dealkylation sites (N-methyl/N-ethyl adjacent to an activating group) is 1. The third-order valence-corrected chi connectivity index (χ3v) is 3.74. The molecule has 0 aliphatic rings. The van der Waals surface area contributed by atoms with E-state index in [1.54, 1.807) is 36.2 Å². The van der Waals surface area contributed by atoms with E-state index in [-0.39, 0.29) is 19.1 Å². The Labute approximate surface area is 146 Å². The number of halogens is 1. The molecule has 6 heteroatoms. The summed E-state index contributed by atoms with van der Waals surface area (Å²) in [6, 6.07) is 14.4. The van der Waals surface area contributed by atoms with Crippen LogP contribution in [-0.4, -0.2) is 42.7 Å². The maximum absolute atomic E-state index is 12.1. The second-order valence-corrected chi connectivity index (χ2v) is 5.77. The molecule has 0 saturated carbocycles. The van der Waals surface area contributed by atoms with Crippen LogP contribution >= 0.6 is 11.6 Å². The molecule has 24 heavy (non-hydrogen) atoms. The predicted octanol–water partition coefficient (Wildman–Crippen LogP) is 2.78. The van der Waals surface area contributed by atoms with E-state index in [9.17, 15) is 4.79 Å². The lowest BCUT2D eigenvalue weighted by molar-refractivity contribution is -0.128. The van der Waals surface area contributed by atoms with Crippen molar-refractivity contribution in [3.05, 3.63) is 59.1 Å². The first-order valence-electron chi connectivity index (χ1n) is 7.64. The van der Waals surface area contributed by atoms with Crippen molar-refractivity contribution in [2.24, 2.45) is 0 Å².